The van der Waals surface area contributed by atoms with Gasteiger partial charge in [0.1, 0.15) is 5.82 Å². The number of carbonyl (C=O) groups excluding carboxylic acids is 2. The van der Waals surface area contributed by atoms with E-state index < -0.39 is 5.82 Å². The Hall–Kier alpha value is -2.74. The third kappa shape index (κ3) is 3.64. The van der Waals surface area contributed by atoms with Crippen LogP contribution in [0.15, 0.2) is 36.7 Å². The lowest BCUT2D eigenvalue weighted by atomic mass is 10.0. The average molecular weight is 385 g/mol. The van der Waals surface area contributed by atoms with Crippen LogP contribution < -0.4 is 4.90 Å². The average Bonchev–Trinajstić information content (AvgIpc) is 3.14. The fraction of sp³-hybridized carbons (Fsp3) is 0.450. The molecule has 2 aliphatic heterocycles. The molecular weight excluding hydrogens is 361 g/mol. The van der Waals surface area contributed by atoms with Crippen LogP contribution in [0, 0.1) is 5.82 Å². The monoisotopic (exact) mass is 385 g/mol. The number of rotatable bonds is 3. The largest absolute Gasteiger partial charge is 0.336 e. The summed E-state index contributed by atoms with van der Waals surface area (Å²) in [6, 6.07) is 5.61. The Bertz CT molecular complexity index is 875. The highest BCUT2D eigenvalue weighted by Gasteiger charge is 2.36. The molecule has 2 aliphatic rings. The van der Waals surface area contributed by atoms with Crippen molar-refractivity contribution in [3.8, 4) is 0 Å². The predicted molar refractivity (Wildman–Crippen MR) is 102 cm³/mol. The van der Waals surface area contributed by atoms with Crippen molar-refractivity contribution in [3.63, 3.8) is 0 Å². The molecule has 8 heteroatoms. The number of amides is 2. The smallest absolute Gasteiger partial charge is 0.254 e. The summed E-state index contributed by atoms with van der Waals surface area (Å²) in [5.41, 5.74) is 1.20. The molecule has 1 aromatic carbocycles. The van der Waals surface area contributed by atoms with Gasteiger partial charge in [-0.1, -0.05) is 6.07 Å². The quantitative estimate of drug-likeness (QED) is 0.804. The van der Waals surface area contributed by atoms with Gasteiger partial charge in [-0.25, -0.2) is 4.39 Å². The Morgan fingerprint density at radius 2 is 1.96 bits per heavy atom. The van der Waals surface area contributed by atoms with Crippen LogP contribution in [-0.2, 0) is 11.8 Å². The molecule has 0 spiro atoms. The zero-order valence-corrected chi connectivity index (χ0v) is 15.9. The molecule has 0 aliphatic carbocycles. The maximum atomic E-state index is 13.4. The molecule has 28 heavy (non-hydrogen) atoms. The van der Waals surface area contributed by atoms with E-state index in [4.69, 9.17) is 0 Å². The van der Waals surface area contributed by atoms with Crippen molar-refractivity contribution in [2.45, 2.75) is 18.9 Å². The normalized spacial score (nSPS) is 21.2. The van der Waals surface area contributed by atoms with Crippen LogP contribution in [0.3, 0.4) is 0 Å². The summed E-state index contributed by atoms with van der Waals surface area (Å²) in [7, 11) is 1.84. The van der Waals surface area contributed by atoms with Crippen molar-refractivity contribution in [3.05, 3.63) is 48.0 Å². The fourth-order valence-electron chi connectivity index (χ4n) is 4.04. The number of piperazine rings is 1. The fourth-order valence-corrected chi connectivity index (χ4v) is 4.04. The van der Waals surface area contributed by atoms with Gasteiger partial charge in [-0.3, -0.25) is 19.2 Å². The molecule has 2 saturated heterocycles. The topological polar surface area (TPSA) is 61.7 Å². The van der Waals surface area contributed by atoms with Crippen LogP contribution in [-0.4, -0.2) is 70.2 Å². The summed E-state index contributed by atoms with van der Waals surface area (Å²) < 4.78 is 15.1. The number of nitrogens with zero attached hydrogens (tertiary/aromatic N) is 5. The van der Waals surface area contributed by atoms with Gasteiger partial charge in [0, 0.05) is 51.5 Å². The van der Waals surface area contributed by atoms with Gasteiger partial charge in [0.15, 0.2) is 0 Å². The summed E-state index contributed by atoms with van der Waals surface area (Å²) in [6.45, 7) is 3.05. The molecule has 1 aromatic heterocycles. The first-order chi connectivity index (χ1) is 13.5. The number of hydrogen-bond acceptors (Lipinski definition) is 4. The van der Waals surface area contributed by atoms with E-state index in [0.29, 0.717) is 38.3 Å². The summed E-state index contributed by atoms with van der Waals surface area (Å²) >= 11 is 0. The van der Waals surface area contributed by atoms with Crippen LogP contribution in [0.5, 0.6) is 0 Å². The highest BCUT2D eigenvalue weighted by molar-refractivity contribution is 5.98. The van der Waals surface area contributed by atoms with Gasteiger partial charge in [-0.15, -0.1) is 0 Å². The lowest BCUT2D eigenvalue weighted by Crippen LogP contribution is -2.58. The zero-order valence-electron chi connectivity index (χ0n) is 15.9. The molecule has 7 nitrogen and oxygen atoms in total. The van der Waals surface area contributed by atoms with Crippen molar-refractivity contribution < 1.29 is 14.0 Å². The van der Waals surface area contributed by atoms with Gasteiger partial charge in [0.25, 0.3) is 5.91 Å². The van der Waals surface area contributed by atoms with Crippen LogP contribution in [0.1, 0.15) is 23.2 Å². The van der Waals surface area contributed by atoms with Gasteiger partial charge in [-0.2, -0.15) is 5.10 Å². The molecule has 3 heterocycles. The summed E-state index contributed by atoms with van der Waals surface area (Å²) in [6.07, 6.45) is 5.34. The lowest BCUT2D eigenvalue weighted by molar-refractivity contribution is -0.126. The number of halogens is 1. The number of hydrogen-bond donors (Lipinski definition) is 0. The molecule has 0 saturated carbocycles. The second-order valence-corrected chi connectivity index (χ2v) is 7.36. The van der Waals surface area contributed by atoms with Crippen LogP contribution >= 0.6 is 0 Å². The van der Waals surface area contributed by atoms with Gasteiger partial charge >= 0.3 is 0 Å². The first-order valence-electron chi connectivity index (χ1n) is 9.62. The van der Waals surface area contributed by atoms with E-state index in [9.17, 15) is 14.0 Å². The lowest BCUT2D eigenvalue weighted by Gasteiger charge is -2.42. The van der Waals surface area contributed by atoms with Crippen molar-refractivity contribution in [2.75, 3.05) is 37.6 Å². The Morgan fingerprint density at radius 3 is 2.64 bits per heavy atom. The van der Waals surface area contributed by atoms with Crippen molar-refractivity contribution in [1.82, 2.24) is 19.6 Å². The molecule has 0 unspecified atom stereocenters. The predicted octanol–water partition coefficient (Wildman–Crippen LogP) is 1.51. The van der Waals surface area contributed by atoms with Gasteiger partial charge in [0.05, 0.1) is 17.9 Å². The van der Waals surface area contributed by atoms with E-state index in [-0.39, 0.29) is 17.9 Å². The van der Waals surface area contributed by atoms with Gasteiger partial charge in [-0.05, 0) is 31.0 Å². The molecule has 2 amide bonds. The molecule has 148 valence electrons. The molecule has 0 radical (unpaired) electrons. The highest BCUT2D eigenvalue weighted by Crippen LogP contribution is 2.24. The second kappa shape index (κ2) is 7.71. The van der Waals surface area contributed by atoms with E-state index in [1.54, 1.807) is 27.9 Å². The van der Waals surface area contributed by atoms with Crippen LogP contribution in [0.2, 0.25) is 0 Å². The molecule has 0 N–H and O–H groups in total. The third-order valence-corrected chi connectivity index (χ3v) is 5.53. The summed E-state index contributed by atoms with van der Waals surface area (Å²) in [5.74, 6) is -0.469. The molecule has 4 rings (SSSR count). The number of anilines is 1. The molecular formula is C20H24FN5O2. The number of carbonyl (C=O) groups is 2. The van der Waals surface area contributed by atoms with E-state index in [1.807, 2.05) is 18.1 Å². The number of piperidine rings is 1. The number of benzene rings is 1. The molecule has 0 bridgehead atoms. The maximum Gasteiger partial charge on any atom is 0.254 e. The second-order valence-electron chi connectivity index (χ2n) is 7.36. The molecule has 2 fully saturated rings. The first kappa shape index (κ1) is 18.6. The van der Waals surface area contributed by atoms with Crippen molar-refractivity contribution in [1.29, 1.82) is 0 Å². The Balaban J connectivity index is 1.39. The minimum absolute atomic E-state index is 0.101. The zero-order chi connectivity index (χ0) is 19.7. The van der Waals surface area contributed by atoms with Crippen molar-refractivity contribution in [2.24, 2.45) is 7.05 Å². The van der Waals surface area contributed by atoms with E-state index in [0.717, 1.165) is 18.5 Å². The Morgan fingerprint density at radius 1 is 1.18 bits per heavy atom. The Kier molecular flexibility index (Phi) is 5.13. The Labute approximate surface area is 163 Å². The van der Waals surface area contributed by atoms with Crippen LogP contribution in [0.25, 0.3) is 0 Å². The van der Waals surface area contributed by atoms with E-state index in [1.165, 1.54) is 12.1 Å². The highest BCUT2D eigenvalue weighted by atomic mass is 19.1. The number of aromatic nitrogens is 2. The van der Waals surface area contributed by atoms with Crippen LogP contribution in [0.4, 0.5) is 10.1 Å². The first-order valence-corrected chi connectivity index (χ1v) is 9.62. The maximum absolute atomic E-state index is 13.4. The SMILES string of the molecule is Cn1cc(N2CCC[C@@H](N3CCN(C(=O)c4cccc(F)c4)CC3)C2=O)cn1. The van der Waals surface area contributed by atoms with Crippen molar-refractivity contribution >= 4 is 17.5 Å². The van der Waals surface area contributed by atoms with Gasteiger partial charge in [0.2, 0.25) is 5.91 Å². The minimum atomic E-state index is -0.409. The van der Waals surface area contributed by atoms with E-state index >= 15 is 0 Å². The summed E-state index contributed by atoms with van der Waals surface area (Å²) in [4.78, 5) is 31.3. The minimum Gasteiger partial charge on any atom is -0.336 e. The third-order valence-electron chi connectivity index (χ3n) is 5.53. The van der Waals surface area contributed by atoms with Gasteiger partial charge < -0.3 is 9.80 Å². The molecule has 2 aromatic rings. The molecule has 1 atom stereocenters. The summed E-state index contributed by atoms with van der Waals surface area (Å²) in [5, 5.41) is 4.17. The number of aryl methyl sites for hydroxylation is 1. The standard InChI is InChI=1S/C20H24FN5O2/c1-23-14-17(13-22-23)26-7-3-6-18(20(26)28)24-8-10-25(11-9-24)19(27)15-4-2-5-16(21)12-15/h2,4-5,12-14,18H,3,6-11H2,1H3/t18-/m1/s1. The van der Waals surface area contributed by atoms with E-state index in [2.05, 4.69) is 10.00 Å².